The van der Waals surface area contributed by atoms with Gasteiger partial charge >= 0.3 is 0 Å². The Morgan fingerprint density at radius 1 is 1.23 bits per heavy atom. The van der Waals surface area contributed by atoms with E-state index in [4.69, 9.17) is 13.9 Å². The van der Waals surface area contributed by atoms with Gasteiger partial charge in [0.15, 0.2) is 5.76 Å². The van der Waals surface area contributed by atoms with Crippen LogP contribution in [0.4, 0.5) is 0 Å². The number of morpholine rings is 1. The van der Waals surface area contributed by atoms with Crippen molar-refractivity contribution in [2.75, 3.05) is 46.5 Å². The van der Waals surface area contributed by atoms with E-state index in [1.807, 2.05) is 24.3 Å². The molecule has 1 aromatic carbocycles. The first kappa shape index (κ1) is 16.8. The van der Waals surface area contributed by atoms with Gasteiger partial charge in [-0.15, -0.1) is 0 Å². The summed E-state index contributed by atoms with van der Waals surface area (Å²) in [6.07, 6.45) is 0. The smallest absolute Gasteiger partial charge is 0.287 e. The van der Waals surface area contributed by atoms with Crippen molar-refractivity contribution < 1.29 is 18.7 Å². The van der Waals surface area contributed by atoms with Crippen molar-refractivity contribution in [2.45, 2.75) is 0 Å². The van der Waals surface area contributed by atoms with Crippen LogP contribution in [-0.4, -0.2) is 62.3 Å². The normalized spacial score (nSPS) is 15.4. The molecule has 1 aliphatic heterocycles. The molecule has 1 aliphatic rings. The van der Waals surface area contributed by atoms with Crippen LogP contribution in [0.3, 0.4) is 0 Å². The predicted molar refractivity (Wildman–Crippen MR) is 97.7 cm³/mol. The third kappa shape index (κ3) is 3.49. The summed E-state index contributed by atoms with van der Waals surface area (Å²) in [6.45, 7) is 4.68. The van der Waals surface area contributed by atoms with E-state index >= 15 is 0 Å². The van der Waals surface area contributed by atoms with E-state index in [1.54, 1.807) is 13.2 Å². The molecule has 3 heterocycles. The topological polar surface area (TPSA) is 76.8 Å². The number of methoxy groups -OCH3 is 1. The molecule has 1 amide bonds. The van der Waals surface area contributed by atoms with Crippen LogP contribution in [0.25, 0.3) is 22.0 Å². The summed E-state index contributed by atoms with van der Waals surface area (Å²) in [7, 11) is 1.62. The summed E-state index contributed by atoms with van der Waals surface area (Å²) in [4.78, 5) is 19.1. The van der Waals surface area contributed by atoms with Crippen molar-refractivity contribution in [1.82, 2.24) is 15.2 Å². The molecule has 0 atom stereocenters. The summed E-state index contributed by atoms with van der Waals surface area (Å²) >= 11 is 0. The van der Waals surface area contributed by atoms with Crippen molar-refractivity contribution in [2.24, 2.45) is 0 Å². The second-order valence-corrected chi connectivity index (χ2v) is 6.26. The quantitative estimate of drug-likeness (QED) is 0.755. The lowest BCUT2D eigenvalue weighted by atomic mass is 10.2. The fraction of sp³-hybridized carbons (Fsp3) is 0.368. The summed E-state index contributed by atoms with van der Waals surface area (Å²) < 4.78 is 16.2. The Morgan fingerprint density at radius 2 is 2.08 bits per heavy atom. The highest BCUT2D eigenvalue weighted by Crippen LogP contribution is 2.25. The monoisotopic (exact) mass is 355 g/mol. The minimum atomic E-state index is -0.224. The molecule has 1 saturated heterocycles. The molecular formula is C19H21N3O4. The largest absolute Gasteiger partial charge is 0.497 e. The van der Waals surface area contributed by atoms with Crippen LogP contribution in [0, 0.1) is 0 Å². The number of pyridine rings is 1. The van der Waals surface area contributed by atoms with E-state index in [0.29, 0.717) is 12.3 Å². The van der Waals surface area contributed by atoms with E-state index < -0.39 is 0 Å². The first-order valence-electron chi connectivity index (χ1n) is 8.69. The number of fused-ring (bicyclic) bond motifs is 2. The molecule has 0 radical (unpaired) electrons. The Balaban J connectivity index is 1.47. The molecule has 0 saturated carbocycles. The van der Waals surface area contributed by atoms with Gasteiger partial charge < -0.3 is 19.2 Å². The van der Waals surface area contributed by atoms with Crippen LogP contribution in [0.5, 0.6) is 5.75 Å². The second-order valence-electron chi connectivity index (χ2n) is 6.26. The second kappa shape index (κ2) is 7.31. The molecule has 0 unspecified atom stereocenters. The van der Waals surface area contributed by atoms with Crippen LogP contribution in [0.2, 0.25) is 0 Å². The Labute approximate surface area is 150 Å². The zero-order valence-electron chi connectivity index (χ0n) is 14.7. The van der Waals surface area contributed by atoms with Crippen molar-refractivity contribution in [1.29, 1.82) is 0 Å². The van der Waals surface area contributed by atoms with Gasteiger partial charge in [-0.25, -0.2) is 4.98 Å². The molecule has 7 nitrogen and oxygen atoms in total. The minimum absolute atomic E-state index is 0.224. The first-order valence-corrected chi connectivity index (χ1v) is 8.69. The Morgan fingerprint density at radius 3 is 2.88 bits per heavy atom. The average Bonchev–Trinajstić information content (AvgIpc) is 3.09. The Bertz CT molecular complexity index is 931. The number of nitrogens with zero attached hydrogens (tertiary/aromatic N) is 2. The number of carbonyl (C=O) groups excluding carboxylic acids is 1. The minimum Gasteiger partial charge on any atom is -0.497 e. The summed E-state index contributed by atoms with van der Waals surface area (Å²) in [5.74, 6) is 0.784. The molecule has 136 valence electrons. The number of nitrogens with one attached hydrogen (secondary N) is 1. The van der Waals surface area contributed by atoms with Gasteiger partial charge in [0.1, 0.15) is 5.75 Å². The van der Waals surface area contributed by atoms with Gasteiger partial charge in [0.2, 0.25) is 5.71 Å². The number of rotatable bonds is 5. The fourth-order valence-corrected chi connectivity index (χ4v) is 3.08. The van der Waals surface area contributed by atoms with Gasteiger partial charge in [0.05, 0.1) is 25.8 Å². The molecule has 0 spiro atoms. The third-order valence-electron chi connectivity index (χ3n) is 4.55. The van der Waals surface area contributed by atoms with Crippen LogP contribution in [0.1, 0.15) is 10.6 Å². The zero-order chi connectivity index (χ0) is 17.9. The van der Waals surface area contributed by atoms with Gasteiger partial charge in [0, 0.05) is 43.0 Å². The van der Waals surface area contributed by atoms with E-state index in [9.17, 15) is 4.79 Å². The molecule has 26 heavy (non-hydrogen) atoms. The van der Waals surface area contributed by atoms with Gasteiger partial charge in [-0.1, -0.05) is 0 Å². The molecule has 3 aromatic rings. The molecule has 4 rings (SSSR count). The van der Waals surface area contributed by atoms with Crippen molar-refractivity contribution in [3.8, 4) is 5.75 Å². The summed E-state index contributed by atoms with van der Waals surface area (Å²) in [5, 5.41) is 4.68. The maximum Gasteiger partial charge on any atom is 0.287 e. The number of hydrogen-bond donors (Lipinski definition) is 1. The van der Waals surface area contributed by atoms with Crippen molar-refractivity contribution >= 4 is 27.9 Å². The maximum atomic E-state index is 12.4. The molecule has 2 aromatic heterocycles. The fourth-order valence-electron chi connectivity index (χ4n) is 3.08. The van der Waals surface area contributed by atoms with Gasteiger partial charge in [-0.2, -0.15) is 0 Å². The van der Waals surface area contributed by atoms with Crippen LogP contribution < -0.4 is 10.1 Å². The lowest BCUT2D eigenvalue weighted by molar-refractivity contribution is 0.0382. The number of amides is 1. The Kier molecular flexibility index (Phi) is 4.73. The predicted octanol–water partition coefficient (Wildman–Crippen LogP) is 2.05. The highest BCUT2D eigenvalue weighted by Gasteiger charge is 2.15. The van der Waals surface area contributed by atoms with Crippen LogP contribution >= 0.6 is 0 Å². The Hall–Kier alpha value is -2.64. The third-order valence-corrected chi connectivity index (χ3v) is 4.55. The standard InChI is InChI=1S/C19H21N3O4/c1-24-15-3-2-13-10-14-11-17(26-19(14)21-16(13)12-15)18(23)20-4-5-22-6-8-25-9-7-22/h2-3,10-12H,4-9H2,1H3,(H,20,23). The van der Waals surface area contributed by atoms with Crippen molar-refractivity contribution in [3.05, 3.63) is 36.1 Å². The summed E-state index contributed by atoms with van der Waals surface area (Å²) in [6, 6.07) is 9.37. The molecule has 1 N–H and O–H groups in total. The van der Waals surface area contributed by atoms with E-state index in [0.717, 1.165) is 54.9 Å². The number of benzene rings is 1. The number of aromatic nitrogens is 1. The number of ether oxygens (including phenoxy) is 2. The van der Waals surface area contributed by atoms with Gasteiger partial charge in [-0.3, -0.25) is 9.69 Å². The van der Waals surface area contributed by atoms with Gasteiger partial charge in [0.25, 0.3) is 5.91 Å². The molecular weight excluding hydrogens is 334 g/mol. The lowest BCUT2D eigenvalue weighted by Crippen LogP contribution is -2.41. The number of carbonyl (C=O) groups is 1. The molecule has 0 aliphatic carbocycles. The lowest BCUT2D eigenvalue weighted by Gasteiger charge is -2.26. The van der Waals surface area contributed by atoms with E-state index in [2.05, 4.69) is 15.2 Å². The molecule has 0 bridgehead atoms. The highest BCUT2D eigenvalue weighted by molar-refractivity contribution is 5.98. The first-order chi connectivity index (χ1) is 12.7. The SMILES string of the molecule is COc1ccc2cc3cc(C(=O)NCCN4CCOCC4)oc3nc2c1. The molecule has 7 heteroatoms. The van der Waals surface area contributed by atoms with Crippen LogP contribution in [-0.2, 0) is 4.74 Å². The summed E-state index contributed by atoms with van der Waals surface area (Å²) in [5.41, 5.74) is 1.22. The van der Waals surface area contributed by atoms with Crippen molar-refractivity contribution in [3.63, 3.8) is 0 Å². The maximum absolute atomic E-state index is 12.4. The van der Waals surface area contributed by atoms with Gasteiger partial charge in [-0.05, 0) is 24.3 Å². The molecule has 1 fully saturated rings. The van der Waals surface area contributed by atoms with E-state index in [-0.39, 0.29) is 11.7 Å². The van der Waals surface area contributed by atoms with Crippen LogP contribution in [0.15, 0.2) is 34.7 Å². The van der Waals surface area contributed by atoms with E-state index in [1.165, 1.54) is 0 Å². The number of furan rings is 1. The zero-order valence-corrected chi connectivity index (χ0v) is 14.7. The number of hydrogen-bond acceptors (Lipinski definition) is 6. The average molecular weight is 355 g/mol. The highest BCUT2D eigenvalue weighted by atomic mass is 16.5.